The predicted molar refractivity (Wildman–Crippen MR) is 111 cm³/mol. The van der Waals surface area contributed by atoms with Crippen molar-refractivity contribution in [2.24, 2.45) is 0 Å². The highest BCUT2D eigenvalue weighted by atomic mass is 19.1. The Balaban J connectivity index is 1.82. The zero-order chi connectivity index (χ0) is 19.5. The van der Waals surface area contributed by atoms with E-state index in [-0.39, 0.29) is 5.82 Å². The van der Waals surface area contributed by atoms with Gasteiger partial charge < -0.3 is 14.8 Å². The van der Waals surface area contributed by atoms with Crippen molar-refractivity contribution >= 4 is 16.9 Å². The van der Waals surface area contributed by atoms with Crippen molar-refractivity contribution in [1.82, 2.24) is 19.9 Å². The Morgan fingerprint density at radius 3 is 2.46 bits per heavy atom. The van der Waals surface area contributed by atoms with Gasteiger partial charge in [0.1, 0.15) is 17.2 Å². The molecule has 1 aliphatic rings. The second kappa shape index (κ2) is 8.27. The number of halogens is 1. The van der Waals surface area contributed by atoms with Crippen LogP contribution in [-0.2, 0) is 6.54 Å². The number of hydrogen-bond donors (Lipinski definition) is 1. The number of fused-ring (bicyclic) bond motifs is 1. The van der Waals surface area contributed by atoms with Gasteiger partial charge in [0.05, 0.1) is 12.2 Å². The number of hydrogen-bond acceptors (Lipinski definition) is 4. The Bertz CT molecular complexity index is 924. The van der Waals surface area contributed by atoms with E-state index < -0.39 is 0 Å². The highest BCUT2D eigenvalue weighted by Gasteiger charge is 2.23. The van der Waals surface area contributed by atoms with E-state index in [1.807, 2.05) is 18.3 Å². The zero-order valence-electron chi connectivity index (χ0n) is 16.7. The third kappa shape index (κ3) is 3.61. The molecular weight excluding hydrogens is 353 g/mol. The maximum absolute atomic E-state index is 13.4. The van der Waals surface area contributed by atoms with Crippen molar-refractivity contribution in [3.8, 4) is 0 Å². The lowest BCUT2D eigenvalue weighted by Gasteiger charge is -2.29. The lowest BCUT2D eigenvalue weighted by Crippen LogP contribution is -2.43. The number of anilines is 1. The molecule has 3 aromatic rings. The minimum absolute atomic E-state index is 0.210. The fourth-order valence-electron chi connectivity index (χ4n) is 4.08. The second-order valence-corrected chi connectivity index (χ2v) is 7.44. The van der Waals surface area contributed by atoms with Crippen molar-refractivity contribution < 1.29 is 4.39 Å². The number of piperazine rings is 1. The van der Waals surface area contributed by atoms with Crippen molar-refractivity contribution in [2.45, 2.75) is 39.2 Å². The summed E-state index contributed by atoms with van der Waals surface area (Å²) in [4.78, 5) is 12.2. The first kappa shape index (κ1) is 18.9. The van der Waals surface area contributed by atoms with Crippen molar-refractivity contribution in [2.75, 3.05) is 31.1 Å². The molecule has 4 rings (SSSR count). The summed E-state index contributed by atoms with van der Waals surface area (Å²) in [5, 5.41) is 3.41. The molecule has 1 N–H and O–H groups in total. The maximum atomic E-state index is 13.4. The van der Waals surface area contributed by atoms with Gasteiger partial charge in [0, 0.05) is 38.3 Å². The third-order valence-electron chi connectivity index (χ3n) is 5.70. The molecule has 1 saturated heterocycles. The normalized spacial score (nSPS) is 14.9. The summed E-state index contributed by atoms with van der Waals surface area (Å²) in [6, 6.07) is 8.81. The molecule has 0 aliphatic carbocycles. The molecule has 0 saturated carbocycles. The number of aromatic nitrogens is 3. The van der Waals surface area contributed by atoms with Gasteiger partial charge in [-0.1, -0.05) is 26.0 Å². The molecule has 6 heteroatoms. The number of nitrogens with one attached hydrogen (secondary N) is 1. The van der Waals surface area contributed by atoms with Gasteiger partial charge in [0.15, 0.2) is 5.65 Å². The van der Waals surface area contributed by atoms with E-state index in [1.165, 1.54) is 12.1 Å². The molecule has 28 heavy (non-hydrogen) atoms. The molecular formula is C22H28FN5. The first-order valence-corrected chi connectivity index (χ1v) is 10.3. The summed E-state index contributed by atoms with van der Waals surface area (Å²) in [6.45, 7) is 8.99. The Morgan fingerprint density at radius 1 is 1.07 bits per heavy atom. The highest BCUT2D eigenvalue weighted by Crippen LogP contribution is 2.31. The van der Waals surface area contributed by atoms with Gasteiger partial charge in [0.2, 0.25) is 0 Å². The quantitative estimate of drug-likeness (QED) is 0.703. The lowest BCUT2D eigenvalue weighted by molar-refractivity contribution is 0.568. The van der Waals surface area contributed by atoms with E-state index in [4.69, 9.17) is 9.97 Å². The summed E-state index contributed by atoms with van der Waals surface area (Å²) in [5.74, 6) is 1.25. The van der Waals surface area contributed by atoms with E-state index in [2.05, 4.69) is 34.7 Å². The van der Waals surface area contributed by atoms with Gasteiger partial charge in [-0.2, -0.15) is 0 Å². The van der Waals surface area contributed by atoms with E-state index >= 15 is 0 Å². The summed E-state index contributed by atoms with van der Waals surface area (Å²) in [6.07, 6.45) is 3.96. The fraction of sp³-hybridized carbons (Fsp3) is 0.455. The molecule has 2 aromatic heterocycles. The summed E-state index contributed by atoms with van der Waals surface area (Å²) >= 11 is 0. The summed E-state index contributed by atoms with van der Waals surface area (Å²) in [7, 11) is 0. The topological polar surface area (TPSA) is 46.0 Å². The van der Waals surface area contributed by atoms with Crippen LogP contribution in [0.5, 0.6) is 0 Å². The number of benzene rings is 1. The number of pyridine rings is 1. The van der Waals surface area contributed by atoms with Gasteiger partial charge in [-0.3, -0.25) is 0 Å². The van der Waals surface area contributed by atoms with Crippen molar-refractivity contribution in [1.29, 1.82) is 0 Å². The maximum Gasteiger partial charge on any atom is 0.162 e. The van der Waals surface area contributed by atoms with Crippen LogP contribution in [-0.4, -0.2) is 40.7 Å². The number of nitrogens with zero attached hydrogens (tertiary/aromatic N) is 4. The standard InChI is InChI=1S/C22H28FN5/c1-3-17(4-2)21-26-20-19(27-13-11-24-12-14-27)9-10-25-22(20)28(21)15-16-5-7-18(23)8-6-16/h5-10,17,24H,3-4,11-15H2,1-2H3. The Hall–Kier alpha value is -2.47. The van der Waals surface area contributed by atoms with E-state index in [0.717, 1.165) is 67.3 Å². The molecule has 5 nitrogen and oxygen atoms in total. The predicted octanol–water partition coefficient (Wildman–Crippen LogP) is 3.93. The smallest absolute Gasteiger partial charge is 0.162 e. The molecule has 0 amide bonds. The first-order chi connectivity index (χ1) is 13.7. The van der Waals surface area contributed by atoms with E-state index in [0.29, 0.717) is 12.5 Å². The van der Waals surface area contributed by atoms with Crippen LogP contribution in [0.1, 0.15) is 44.0 Å². The Kier molecular flexibility index (Phi) is 5.57. The third-order valence-corrected chi connectivity index (χ3v) is 5.70. The highest BCUT2D eigenvalue weighted by molar-refractivity contribution is 5.86. The van der Waals surface area contributed by atoms with E-state index in [9.17, 15) is 4.39 Å². The van der Waals surface area contributed by atoms with Gasteiger partial charge >= 0.3 is 0 Å². The minimum Gasteiger partial charge on any atom is -0.367 e. The monoisotopic (exact) mass is 381 g/mol. The van der Waals surface area contributed by atoms with E-state index in [1.54, 1.807) is 0 Å². The molecule has 148 valence electrons. The fourth-order valence-corrected chi connectivity index (χ4v) is 4.08. The molecule has 1 aliphatic heterocycles. The van der Waals surface area contributed by atoms with Gasteiger partial charge in [0.25, 0.3) is 0 Å². The van der Waals surface area contributed by atoms with Crippen LogP contribution in [0.15, 0.2) is 36.5 Å². The molecule has 0 spiro atoms. The lowest BCUT2D eigenvalue weighted by atomic mass is 10.0. The molecule has 0 bridgehead atoms. The van der Waals surface area contributed by atoms with Crippen LogP contribution in [0, 0.1) is 5.82 Å². The largest absolute Gasteiger partial charge is 0.367 e. The van der Waals surface area contributed by atoms with Crippen LogP contribution in [0.2, 0.25) is 0 Å². The molecule has 0 unspecified atom stereocenters. The van der Waals surface area contributed by atoms with Crippen LogP contribution >= 0.6 is 0 Å². The Morgan fingerprint density at radius 2 is 1.79 bits per heavy atom. The molecule has 0 radical (unpaired) electrons. The van der Waals surface area contributed by atoms with Crippen molar-refractivity contribution in [3.63, 3.8) is 0 Å². The van der Waals surface area contributed by atoms with Crippen molar-refractivity contribution in [3.05, 3.63) is 53.7 Å². The zero-order valence-corrected chi connectivity index (χ0v) is 16.7. The average molecular weight is 381 g/mol. The summed E-state index contributed by atoms with van der Waals surface area (Å²) in [5.41, 5.74) is 4.12. The second-order valence-electron chi connectivity index (χ2n) is 7.44. The molecule has 3 heterocycles. The molecule has 0 atom stereocenters. The number of rotatable bonds is 6. The van der Waals surface area contributed by atoms with Crippen LogP contribution in [0.4, 0.5) is 10.1 Å². The van der Waals surface area contributed by atoms with Crippen LogP contribution < -0.4 is 10.2 Å². The summed E-state index contributed by atoms with van der Waals surface area (Å²) < 4.78 is 15.6. The van der Waals surface area contributed by atoms with Crippen LogP contribution in [0.25, 0.3) is 11.2 Å². The first-order valence-electron chi connectivity index (χ1n) is 10.3. The SMILES string of the molecule is CCC(CC)c1nc2c(N3CCNCC3)ccnc2n1Cc1ccc(F)cc1. The van der Waals surface area contributed by atoms with Crippen LogP contribution in [0.3, 0.4) is 0 Å². The van der Waals surface area contributed by atoms with Gasteiger partial charge in [-0.05, 0) is 36.6 Å². The number of imidazole rings is 1. The van der Waals surface area contributed by atoms with Gasteiger partial charge in [-0.25, -0.2) is 14.4 Å². The molecule has 1 aromatic carbocycles. The Labute approximate surface area is 165 Å². The minimum atomic E-state index is -0.210. The molecule has 1 fully saturated rings. The average Bonchev–Trinajstić information content (AvgIpc) is 3.09. The van der Waals surface area contributed by atoms with Gasteiger partial charge in [-0.15, -0.1) is 0 Å².